The van der Waals surface area contributed by atoms with Crippen molar-refractivity contribution >= 4 is 34.4 Å². The Balaban J connectivity index is 1.45. The monoisotopic (exact) mass is 393 g/mol. The van der Waals surface area contributed by atoms with Gasteiger partial charge >= 0.3 is 0 Å². The summed E-state index contributed by atoms with van der Waals surface area (Å²) in [6.07, 6.45) is 1.67. The van der Waals surface area contributed by atoms with E-state index in [0.717, 1.165) is 11.1 Å². The minimum Gasteiger partial charge on any atom is -0.482 e. The van der Waals surface area contributed by atoms with E-state index in [2.05, 4.69) is 15.3 Å². The van der Waals surface area contributed by atoms with Crippen LogP contribution < -0.4 is 10.1 Å². The van der Waals surface area contributed by atoms with Gasteiger partial charge in [-0.3, -0.25) is 4.79 Å². The fraction of sp³-hybridized carbons (Fsp3) is 0.0952. The van der Waals surface area contributed by atoms with Gasteiger partial charge in [-0.2, -0.15) is 4.98 Å². The topological polar surface area (TPSA) is 77.3 Å². The van der Waals surface area contributed by atoms with Crippen LogP contribution in [0.25, 0.3) is 22.7 Å². The van der Waals surface area contributed by atoms with Gasteiger partial charge in [0.15, 0.2) is 17.8 Å². The Morgan fingerprint density at radius 3 is 2.82 bits per heavy atom. The first-order valence-electron chi connectivity index (χ1n) is 8.60. The number of nitrogens with zero attached hydrogens (tertiary/aromatic N) is 2. The predicted molar refractivity (Wildman–Crippen MR) is 108 cm³/mol. The van der Waals surface area contributed by atoms with Crippen LogP contribution in [0.5, 0.6) is 5.75 Å². The van der Waals surface area contributed by atoms with Crippen molar-refractivity contribution in [3.05, 3.63) is 71.4 Å². The number of hydrogen-bond donors (Lipinski definition) is 1. The zero-order chi connectivity index (χ0) is 19.5. The summed E-state index contributed by atoms with van der Waals surface area (Å²) >= 11 is 6.02. The van der Waals surface area contributed by atoms with Crippen molar-refractivity contribution in [1.82, 2.24) is 9.97 Å². The van der Waals surface area contributed by atoms with Gasteiger partial charge in [0.05, 0.1) is 5.02 Å². The highest BCUT2D eigenvalue weighted by Crippen LogP contribution is 2.27. The summed E-state index contributed by atoms with van der Waals surface area (Å²) < 4.78 is 11.2. The summed E-state index contributed by atoms with van der Waals surface area (Å²) in [7, 11) is 0. The molecule has 0 saturated carbocycles. The lowest BCUT2D eigenvalue weighted by atomic mass is 10.1. The second-order valence-corrected chi connectivity index (χ2v) is 6.55. The quantitative estimate of drug-likeness (QED) is 0.523. The maximum atomic E-state index is 12.2. The summed E-state index contributed by atoms with van der Waals surface area (Å²) in [5, 5.41) is 3.30. The Kier molecular flexibility index (Phi) is 4.95. The first-order valence-corrected chi connectivity index (χ1v) is 8.98. The molecule has 2 heterocycles. The lowest BCUT2D eigenvalue weighted by Crippen LogP contribution is -2.20. The summed E-state index contributed by atoms with van der Waals surface area (Å²) in [4.78, 5) is 20.8. The van der Waals surface area contributed by atoms with Gasteiger partial charge in [0.25, 0.3) is 5.91 Å². The number of pyridine rings is 1. The SMILES string of the molecule is Cc1cc(-c2nc3ncccc3o2)ccc1NC(=O)COc1ccccc1Cl. The highest BCUT2D eigenvalue weighted by atomic mass is 35.5. The van der Waals surface area contributed by atoms with Crippen molar-refractivity contribution < 1.29 is 13.9 Å². The minimum atomic E-state index is -0.276. The number of hydrogen-bond acceptors (Lipinski definition) is 5. The molecule has 4 aromatic rings. The number of oxazole rings is 1. The minimum absolute atomic E-state index is 0.137. The molecule has 0 radical (unpaired) electrons. The molecule has 140 valence electrons. The molecule has 0 saturated heterocycles. The molecule has 2 aromatic heterocycles. The number of carbonyl (C=O) groups excluding carboxylic acids is 1. The van der Waals surface area contributed by atoms with Crippen LogP contribution in [0.4, 0.5) is 5.69 Å². The molecule has 0 fully saturated rings. The average Bonchev–Trinajstić information content (AvgIpc) is 3.13. The summed E-state index contributed by atoms with van der Waals surface area (Å²) in [5.74, 6) is 0.675. The van der Waals surface area contributed by atoms with E-state index in [0.29, 0.717) is 33.6 Å². The Labute approximate surface area is 166 Å². The van der Waals surface area contributed by atoms with Crippen LogP contribution in [0.2, 0.25) is 5.02 Å². The van der Waals surface area contributed by atoms with E-state index < -0.39 is 0 Å². The number of benzene rings is 2. The van der Waals surface area contributed by atoms with E-state index in [4.69, 9.17) is 20.8 Å². The largest absolute Gasteiger partial charge is 0.482 e. The second kappa shape index (κ2) is 7.70. The number of fused-ring (bicyclic) bond motifs is 1. The molecule has 0 atom stereocenters. The van der Waals surface area contributed by atoms with Gasteiger partial charge in [-0.05, 0) is 55.0 Å². The number of aromatic nitrogens is 2. The number of para-hydroxylation sites is 1. The Morgan fingerprint density at radius 1 is 1.18 bits per heavy atom. The maximum Gasteiger partial charge on any atom is 0.262 e. The van der Waals surface area contributed by atoms with Gasteiger partial charge in [0.1, 0.15) is 5.75 Å². The van der Waals surface area contributed by atoms with Crippen molar-refractivity contribution in [3.63, 3.8) is 0 Å². The van der Waals surface area contributed by atoms with E-state index in [1.54, 1.807) is 42.6 Å². The van der Waals surface area contributed by atoms with Crippen molar-refractivity contribution in [2.45, 2.75) is 6.92 Å². The van der Waals surface area contributed by atoms with Crippen LogP contribution in [0.3, 0.4) is 0 Å². The van der Waals surface area contributed by atoms with E-state index in [-0.39, 0.29) is 12.5 Å². The molecular weight excluding hydrogens is 378 g/mol. The van der Waals surface area contributed by atoms with Gasteiger partial charge in [-0.25, -0.2) is 4.98 Å². The molecule has 2 aromatic carbocycles. The van der Waals surface area contributed by atoms with Crippen LogP contribution in [0.15, 0.2) is 65.2 Å². The van der Waals surface area contributed by atoms with Gasteiger partial charge < -0.3 is 14.5 Å². The molecule has 6 nitrogen and oxygen atoms in total. The number of carbonyl (C=O) groups is 1. The number of aryl methyl sites for hydroxylation is 1. The van der Waals surface area contributed by atoms with Gasteiger partial charge in [-0.1, -0.05) is 23.7 Å². The van der Waals surface area contributed by atoms with Crippen LogP contribution in [0.1, 0.15) is 5.56 Å². The van der Waals surface area contributed by atoms with Gasteiger partial charge in [0, 0.05) is 17.4 Å². The van der Waals surface area contributed by atoms with E-state index in [1.165, 1.54) is 0 Å². The standard InChI is InChI=1S/C21H16ClN3O3/c1-13-11-14(21-25-20-18(28-21)7-4-10-23-20)8-9-16(13)24-19(26)12-27-17-6-3-2-5-15(17)22/h2-11H,12H2,1H3,(H,24,26). The number of anilines is 1. The third kappa shape index (κ3) is 3.82. The predicted octanol–water partition coefficient (Wildman–Crippen LogP) is 4.87. The average molecular weight is 394 g/mol. The van der Waals surface area contributed by atoms with Crippen LogP contribution >= 0.6 is 11.6 Å². The highest BCUT2D eigenvalue weighted by Gasteiger charge is 2.12. The number of amides is 1. The van der Waals surface area contributed by atoms with Crippen LogP contribution in [-0.2, 0) is 4.79 Å². The molecular formula is C21H16ClN3O3. The first-order chi connectivity index (χ1) is 13.6. The summed E-state index contributed by atoms with van der Waals surface area (Å²) in [5.41, 5.74) is 3.55. The Bertz CT molecular complexity index is 1120. The molecule has 0 aliphatic carbocycles. The molecule has 0 aliphatic heterocycles. The Hall–Kier alpha value is -3.38. The first kappa shape index (κ1) is 18.0. The van der Waals surface area contributed by atoms with E-state index in [9.17, 15) is 4.79 Å². The molecule has 1 N–H and O–H groups in total. The molecule has 28 heavy (non-hydrogen) atoms. The smallest absolute Gasteiger partial charge is 0.262 e. The third-order valence-electron chi connectivity index (χ3n) is 4.11. The zero-order valence-corrected chi connectivity index (χ0v) is 15.7. The number of nitrogens with one attached hydrogen (secondary N) is 1. The van der Waals surface area contributed by atoms with E-state index >= 15 is 0 Å². The van der Waals surface area contributed by atoms with Crippen LogP contribution in [-0.4, -0.2) is 22.5 Å². The molecule has 0 aliphatic rings. The fourth-order valence-corrected chi connectivity index (χ4v) is 2.91. The maximum absolute atomic E-state index is 12.2. The number of rotatable bonds is 5. The molecule has 0 bridgehead atoms. The molecule has 4 rings (SSSR count). The van der Waals surface area contributed by atoms with E-state index in [1.807, 2.05) is 25.1 Å². The normalized spacial score (nSPS) is 10.8. The highest BCUT2D eigenvalue weighted by molar-refractivity contribution is 6.32. The summed E-state index contributed by atoms with van der Waals surface area (Å²) in [6.45, 7) is 1.76. The molecule has 0 spiro atoms. The molecule has 7 heteroatoms. The lowest BCUT2D eigenvalue weighted by molar-refractivity contribution is -0.118. The third-order valence-corrected chi connectivity index (χ3v) is 4.42. The van der Waals surface area contributed by atoms with Crippen molar-refractivity contribution in [2.75, 3.05) is 11.9 Å². The summed E-state index contributed by atoms with van der Waals surface area (Å²) in [6, 6.07) is 16.2. The van der Waals surface area contributed by atoms with Gasteiger partial charge in [-0.15, -0.1) is 0 Å². The second-order valence-electron chi connectivity index (χ2n) is 6.14. The van der Waals surface area contributed by atoms with Crippen LogP contribution in [0, 0.1) is 6.92 Å². The van der Waals surface area contributed by atoms with Gasteiger partial charge in [0.2, 0.25) is 5.89 Å². The lowest BCUT2D eigenvalue weighted by Gasteiger charge is -2.11. The fourth-order valence-electron chi connectivity index (χ4n) is 2.72. The zero-order valence-electron chi connectivity index (χ0n) is 15.0. The van der Waals surface area contributed by atoms with Crippen molar-refractivity contribution in [2.24, 2.45) is 0 Å². The number of ether oxygens (including phenoxy) is 1. The van der Waals surface area contributed by atoms with Crippen molar-refractivity contribution in [1.29, 1.82) is 0 Å². The molecule has 0 unspecified atom stereocenters. The Morgan fingerprint density at radius 2 is 2.04 bits per heavy atom. The van der Waals surface area contributed by atoms with Crippen molar-refractivity contribution in [3.8, 4) is 17.2 Å². The number of halogens is 1. The molecule has 1 amide bonds.